The van der Waals surface area contributed by atoms with E-state index in [0.29, 0.717) is 34.8 Å². The zero-order valence-corrected chi connectivity index (χ0v) is 10.6. The van der Waals surface area contributed by atoms with Gasteiger partial charge in [0.15, 0.2) is 17.3 Å². The Bertz CT molecular complexity index is 769. The Balaban J connectivity index is 2.22. The molecule has 0 aliphatic heterocycles. The minimum Gasteiger partial charge on any atom is -0.354 e. The molecule has 3 rings (SSSR count). The molecule has 0 atom stereocenters. The first kappa shape index (κ1) is 12.5. The summed E-state index contributed by atoms with van der Waals surface area (Å²) in [5, 5.41) is 10.3. The standard InChI is InChI=1S/C13H11F2N5/c1-2-16-13-18-11(8-6-17-20-12(8)19-13)7-3-4-9(14)10(15)5-7/h3-6H,2H2,1H3,(H2,16,17,18,19,20). The maximum absolute atomic E-state index is 13.4. The molecule has 0 amide bonds. The van der Waals surface area contributed by atoms with Crippen LogP contribution < -0.4 is 5.32 Å². The first-order valence-corrected chi connectivity index (χ1v) is 6.09. The summed E-state index contributed by atoms with van der Waals surface area (Å²) >= 11 is 0. The third kappa shape index (κ3) is 2.07. The summed E-state index contributed by atoms with van der Waals surface area (Å²) in [6.07, 6.45) is 1.56. The van der Waals surface area contributed by atoms with Crippen LogP contribution in [0.4, 0.5) is 14.7 Å². The second-order valence-electron chi connectivity index (χ2n) is 4.19. The van der Waals surface area contributed by atoms with E-state index in [1.54, 1.807) is 6.20 Å². The largest absolute Gasteiger partial charge is 0.354 e. The van der Waals surface area contributed by atoms with E-state index in [1.807, 2.05) is 6.92 Å². The Hall–Kier alpha value is -2.57. The summed E-state index contributed by atoms with van der Waals surface area (Å²) in [5.74, 6) is -1.40. The molecule has 0 fully saturated rings. The van der Waals surface area contributed by atoms with E-state index < -0.39 is 11.6 Å². The SMILES string of the molecule is CCNc1nc(-c2ccc(F)c(F)c2)c2cn[nH]c2n1. The number of nitrogens with one attached hydrogen (secondary N) is 2. The number of H-pyrrole nitrogens is 1. The fourth-order valence-corrected chi connectivity index (χ4v) is 1.94. The van der Waals surface area contributed by atoms with Gasteiger partial charge in [-0.2, -0.15) is 10.1 Å². The molecular formula is C13H11F2N5. The van der Waals surface area contributed by atoms with Crippen molar-refractivity contribution in [2.24, 2.45) is 0 Å². The lowest BCUT2D eigenvalue weighted by Gasteiger charge is -2.07. The maximum Gasteiger partial charge on any atom is 0.225 e. The lowest BCUT2D eigenvalue weighted by Crippen LogP contribution is -2.03. The van der Waals surface area contributed by atoms with Crippen LogP contribution in [0.2, 0.25) is 0 Å². The third-order valence-electron chi connectivity index (χ3n) is 2.84. The number of aromatic nitrogens is 4. The van der Waals surface area contributed by atoms with Gasteiger partial charge in [-0.3, -0.25) is 5.10 Å². The predicted octanol–water partition coefficient (Wildman–Crippen LogP) is 2.73. The number of nitrogens with zero attached hydrogens (tertiary/aromatic N) is 3. The van der Waals surface area contributed by atoms with Gasteiger partial charge in [0.1, 0.15) is 0 Å². The molecule has 0 saturated carbocycles. The zero-order valence-electron chi connectivity index (χ0n) is 10.6. The minimum atomic E-state index is -0.914. The Kier molecular flexibility index (Phi) is 3.02. The van der Waals surface area contributed by atoms with Gasteiger partial charge in [0.25, 0.3) is 0 Å². The number of benzene rings is 1. The van der Waals surface area contributed by atoms with Gasteiger partial charge in [0.2, 0.25) is 5.95 Å². The van der Waals surface area contributed by atoms with Gasteiger partial charge < -0.3 is 5.32 Å². The summed E-state index contributed by atoms with van der Waals surface area (Å²) < 4.78 is 26.4. The number of fused-ring (bicyclic) bond motifs is 1. The Morgan fingerprint density at radius 2 is 2.05 bits per heavy atom. The fraction of sp³-hybridized carbons (Fsp3) is 0.154. The molecule has 20 heavy (non-hydrogen) atoms. The second kappa shape index (κ2) is 4.84. The fourth-order valence-electron chi connectivity index (χ4n) is 1.94. The summed E-state index contributed by atoms with van der Waals surface area (Å²) in [7, 11) is 0. The normalized spacial score (nSPS) is 10.9. The van der Waals surface area contributed by atoms with Crippen molar-refractivity contribution in [3.05, 3.63) is 36.0 Å². The number of anilines is 1. The lowest BCUT2D eigenvalue weighted by atomic mass is 10.1. The van der Waals surface area contributed by atoms with Crippen LogP contribution in [0.25, 0.3) is 22.3 Å². The highest BCUT2D eigenvalue weighted by Crippen LogP contribution is 2.27. The summed E-state index contributed by atoms with van der Waals surface area (Å²) in [5.41, 5.74) is 1.51. The van der Waals surface area contributed by atoms with Crippen LogP contribution in [-0.4, -0.2) is 26.7 Å². The molecule has 0 saturated heterocycles. The molecule has 2 aromatic heterocycles. The summed E-state index contributed by atoms with van der Waals surface area (Å²) in [4.78, 5) is 8.58. The van der Waals surface area contributed by atoms with Gasteiger partial charge >= 0.3 is 0 Å². The van der Waals surface area contributed by atoms with Gasteiger partial charge in [-0.25, -0.2) is 13.8 Å². The van der Waals surface area contributed by atoms with E-state index in [2.05, 4.69) is 25.5 Å². The molecule has 0 bridgehead atoms. The van der Waals surface area contributed by atoms with E-state index in [9.17, 15) is 8.78 Å². The van der Waals surface area contributed by atoms with Crippen molar-refractivity contribution in [3.63, 3.8) is 0 Å². The van der Waals surface area contributed by atoms with Crippen LogP contribution in [0.3, 0.4) is 0 Å². The van der Waals surface area contributed by atoms with Gasteiger partial charge in [0.05, 0.1) is 17.3 Å². The molecule has 0 aliphatic carbocycles. The number of hydrogen-bond donors (Lipinski definition) is 2. The Morgan fingerprint density at radius 3 is 2.80 bits per heavy atom. The first-order chi connectivity index (χ1) is 9.69. The average Bonchev–Trinajstić information content (AvgIpc) is 2.89. The highest BCUT2D eigenvalue weighted by molar-refractivity contribution is 5.90. The molecule has 2 N–H and O–H groups in total. The molecule has 102 valence electrons. The van der Waals surface area contributed by atoms with Gasteiger partial charge in [-0.1, -0.05) is 0 Å². The first-order valence-electron chi connectivity index (χ1n) is 6.09. The van der Waals surface area contributed by atoms with E-state index in [1.165, 1.54) is 6.07 Å². The highest BCUT2D eigenvalue weighted by atomic mass is 19.2. The van der Waals surface area contributed by atoms with Crippen molar-refractivity contribution in [3.8, 4) is 11.3 Å². The molecule has 1 aromatic carbocycles. The quantitative estimate of drug-likeness (QED) is 0.771. The van der Waals surface area contributed by atoms with Crippen molar-refractivity contribution in [1.29, 1.82) is 0 Å². The van der Waals surface area contributed by atoms with E-state index in [0.717, 1.165) is 12.1 Å². The Morgan fingerprint density at radius 1 is 1.20 bits per heavy atom. The predicted molar refractivity (Wildman–Crippen MR) is 71.2 cm³/mol. The average molecular weight is 275 g/mol. The van der Waals surface area contributed by atoms with Crippen molar-refractivity contribution in [2.75, 3.05) is 11.9 Å². The lowest BCUT2D eigenvalue weighted by molar-refractivity contribution is 0.509. The number of rotatable bonds is 3. The highest BCUT2D eigenvalue weighted by Gasteiger charge is 2.13. The summed E-state index contributed by atoms with van der Waals surface area (Å²) in [6.45, 7) is 2.56. The van der Waals surface area contributed by atoms with E-state index in [4.69, 9.17) is 0 Å². The third-order valence-corrected chi connectivity index (χ3v) is 2.84. The molecule has 0 spiro atoms. The smallest absolute Gasteiger partial charge is 0.225 e. The maximum atomic E-state index is 13.4. The Labute approximate surface area is 113 Å². The molecule has 7 heteroatoms. The van der Waals surface area contributed by atoms with Crippen molar-refractivity contribution >= 4 is 17.0 Å². The molecule has 0 unspecified atom stereocenters. The molecule has 5 nitrogen and oxygen atoms in total. The molecule has 3 aromatic rings. The van der Waals surface area contributed by atoms with Crippen LogP contribution in [0.1, 0.15) is 6.92 Å². The minimum absolute atomic E-state index is 0.406. The van der Waals surface area contributed by atoms with Crippen LogP contribution in [0.5, 0.6) is 0 Å². The van der Waals surface area contributed by atoms with Crippen LogP contribution in [0.15, 0.2) is 24.4 Å². The van der Waals surface area contributed by atoms with Crippen LogP contribution in [-0.2, 0) is 0 Å². The molecule has 0 radical (unpaired) electrons. The van der Waals surface area contributed by atoms with Crippen LogP contribution in [0, 0.1) is 11.6 Å². The number of hydrogen-bond acceptors (Lipinski definition) is 4. The number of aromatic amines is 1. The summed E-state index contributed by atoms with van der Waals surface area (Å²) in [6, 6.07) is 3.66. The van der Waals surface area contributed by atoms with E-state index in [-0.39, 0.29) is 0 Å². The second-order valence-corrected chi connectivity index (χ2v) is 4.19. The van der Waals surface area contributed by atoms with Crippen molar-refractivity contribution in [1.82, 2.24) is 20.2 Å². The molecular weight excluding hydrogens is 264 g/mol. The zero-order chi connectivity index (χ0) is 14.1. The molecule has 0 aliphatic rings. The monoisotopic (exact) mass is 275 g/mol. The van der Waals surface area contributed by atoms with Gasteiger partial charge in [-0.05, 0) is 25.1 Å². The molecule has 2 heterocycles. The van der Waals surface area contributed by atoms with E-state index >= 15 is 0 Å². The van der Waals surface area contributed by atoms with Gasteiger partial charge in [0, 0.05) is 12.1 Å². The number of halogens is 2. The topological polar surface area (TPSA) is 66.5 Å². The van der Waals surface area contributed by atoms with Crippen molar-refractivity contribution < 1.29 is 8.78 Å². The van der Waals surface area contributed by atoms with Crippen molar-refractivity contribution in [2.45, 2.75) is 6.92 Å². The van der Waals surface area contributed by atoms with Gasteiger partial charge in [-0.15, -0.1) is 0 Å². The van der Waals surface area contributed by atoms with Crippen LogP contribution >= 0.6 is 0 Å².